The minimum atomic E-state index is -4.42. The molecule has 0 unspecified atom stereocenters. The van der Waals surface area contributed by atoms with Crippen molar-refractivity contribution in [2.24, 2.45) is 4.99 Å². The van der Waals surface area contributed by atoms with Crippen LogP contribution in [0.3, 0.4) is 0 Å². The molecule has 0 atom stereocenters. The highest BCUT2D eigenvalue weighted by atomic mass is 32.2. The molecule has 1 rings (SSSR count). The van der Waals surface area contributed by atoms with Crippen LogP contribution in [0.15, 0.2) is 23.2 Å². The smallest absolute Gasteiger partial charge is 0.422 e. The number of hydrogen-bond donors (Lipinski definition) is 3. The standard InChI is InChI=1S/C18H29F3N4O3S/c1-4-22-17(23-9-6-10-25-29(26,27)5-2)24-12-15-8-7-14(3)11-16(15)28-13-18(19,20)21/h7-8,11,25H,4-6,9-10,12-13H2,1-3H3,(H2,22,23,24). The topological polar surface area (TPSA) is 91.8 Å². The largest absolute Gasteiger partial charge is 0.484 e. The molecule has 1 aromatic carbocycles. The Kier molecular flexibility index (Phi) is 10.2. The predicted octanol–water partition coefficient (Wildman–Crippen LogP) is 2.32. The average Bonchev–Trinajstić information content (AvgIpc) is 2.64. The zero-order chi connectivity index (χ0) is 21.9. The number of nitrogens with one attached hydrogen (secondary N) is 3. The van der Waals surface area contributed by atoms with Crippen molar-refractivity contribution >= 4 is 16.0 Å². The Morgan fingerprint density at radius 1 is 1.17 bits per heavy atom. The third-order valence-corrected chi connectivity index (χ3v) is 5.12. The van der Waals surface area contributed by atoms with Crippen LogP contribution < -0.4 is 20.1 Å². The van der Waals surface area contributed by atoms with Crippen molar-refractivity contribution in [1.29, 1.82) is 0 Å². The minimum Gasteiger partial charge on any atom is -0.484 e. The summed E-state index contributed by atoms with van der Waals surface area (Å²) in [7, 11) is -3.22. The van der Waals surface area contributed by atoms with Crippen LogP contribution in [0.5, 0.6) is 5.75 Å². The van der Waals surface area contributed by atoms with Gasteiger partial charge in [0.2, 0.25) is 10.0 Å². The van der Waals surface area contributed by atoms with Crippen molar-refractivity contribution in [2.75, 3.05) is 32.0 Å². The fourth-order valence-electron chi connectivity index (χ4n) is 2.22. The van der Waals surface area contributed by atoms with Gasteiger partial charge in [0.05, 0.1) is 12.3 Å². The molecule has 0 aliphatic rings. The molecule has 0 fully saturated rings. The lowest BCUT2D eigenvalue weighted by atomic mass is 10.1. The average molecular weight is 439 g/mol. The number of nitrogens with zero attached hydrogens (tertiary/aromatic N) is 1. The van der Waals surface area contributed by atoms with Crippen LogP contribution in [0.4, 0.5) is 13.2 Å². The maximum absolute atomic E-state index is 12.5. The van der Waals surface area contributed by atoms with Gasteiger partial charge in [-0.15, -0.1) is 0 Å². The summed E-state index contributed by atoms with van der Waals surface area (Å²) in [5.74, 6) is 0.656. The van der Waals surface area contributed by atoms with E-state index in [1.165, 1.54) is 0 Å². The number of ether oxygens (including phenoxy) is 1. The number of guanidine groups is 1. The summed E-state index contributed by atoms with van der Waals surface area (Å²) < 4.78 is 67.6. The quantitative estimate of drug-likeness (QED) is 0.280. The van der Waals surface area contributed by atoms with E-state index in [0.29, 0.717) is 37.6 Å². The molecular weight excluding hydrogens is 409 g/mol. The second kappa shape index (κ2) is 11.9. The number of aryl methyl sites for hydroxylation is 1. The minimum absolute atomic E-state index is 0.0276. The summed E-state index contributed by atoms with van der Waals surface area (Å²) in [5.41, 5.74) is 1.32. The van der Waals surface area contributed by atoms with E-state index >= 15 is 0 Å². The zero-order valence-electron chi connectivity index (χ0n) is 16.9. The molecule has 7 nitrogen and oxygen atoms in total. The first-order valence-electron chi connectivity index (χ1n) is 9.35. The summed E-state index contributed by atoms with van der Waals surface area (Å²) >= 11 is 0. The maximum Gasteiger partial charge on any atom is 0.422 e. The van der Waals surface area contributed by atoms with Gasteiger partial charge in [-0.25, -0.2) is 18.1 Å². The number of sulfonamides is 1. The Hall–Kier alpha value is -2.01. The van der Waals surface area contributed by atoms with E-state index < -0.39 is 22.8 Å². The second-order valence-electron chi connectivity index (χ2n) is 6.29. The fraction of sp³-hybridized carbons (Fsp3) is 0.611. The first-order valence-corrected chi connectivity index (χ1v) is 11.0. The van der Waals surface area contributed by atoms with Gasteiger partial charge in [-0.2, -0.15) is 13.2 Å². The van der Waals surface area contributed by atoms with E-state index in [1.54, 1.807) is 32.0 Å². The molecule has 1 aromatic rings. The molecule has 0 aliphatic carbocycles. The van der Waals surface area contributed by atoms with Crippen molar-refractivity contribution in [3.63, 3.8) is 0 Å². The van der Waals surface area contributed by atoms with E-state index in [9.17, 15) is 21.6 Å². The number of aliphatic imine (C=N–C) groups is 1. The molecule has 166 valence electrons. The van der Waals surface area contributed by atoms with Gasteiger partial charge in [0.1, 0.15) is 5.75 Å². The van der Waals surface area contributed by atoms with Crippen LogP contribution in [-0.2, 0) is 16.6 Å². The Morgan fingerprint density at radius 2 is 1.90 bits per heavy atom. The molecule has 0 heterocycles. The number of alkyl halides is 3. The second-order valence-corrected chi connectivity index (χ2v) is 8.38. The number of rotatable bonds is 11. The highest BCUT2D eigenvalue weighted by Crippen LogP contribution is 2.24. The highest BCUT2D eigenvalue weighted by Gasteiger charge is 2.28. The van der Waals surface area contributed by atoms with Crippen LogP contribution in [0.25, 0.3) is 0 Å². The molecule has 0 bridgehead atoms. The molecule has 3 N–H and O–H groups in total. The number of hydrogen-bond acceptors (Lipinski definition) is 4. The lowest BCUT2D eigenvalue weighted by Gasteiger charge is -2.14. The monoisotopic (exact) mass is 438 g/mol. The predicted molar refractivity (Wildman–Crippen MR) is 108 cm³/mol. The number of benzene rings is 1. The van der Waals surface area contributed by atoms with Crippen LogP contribution in [0.2, 0.25) is 0 Å². The van der Waals surface area contributed by atoms with Crippen molar-refractivity contribution in [2.45, 2.75) is 39.9 Å². The molecule has 0 spiro atoms. The fourth-order valence-corrected chi connectivity index (χ4v) is 2.88. The number of halogens is 3. The normalized spacial score (nSPS) is 12.7. The molecule has 0 saturated heterocycles. The van der Waals surface area contributed by atoms with Crippen LogP contribution in [-0.4, -0.2) is 52.5 Å². The SMILES string of the molecule is CCNC(=NCc1ccc(C)cc1OCC(F)(F)F)NCCCNS(=O)(=O)CC. The summed E-state index contributed by atoms with van der Waals surface area (Å²) in [6.07, 6.45) is -3.87. The Balaban J connectivity index is 2.68. The summed E-state index contributed by atoms with van der Waals surface area (Å²) in [6.45, 7) is 5.36. The van der Waals surface area contributed by atoms with E-state index in [-0.39, 0.29) is 18.0 Å². The molecule has 0 aromatic heterocycles. The van der Waals surface area contributed by atoms with E-state index in [4.69, 9.17) is 4.74 Å². The van der Waals surface area contributed by atoms with Gasteiger partial charge < -0.3 is 15.4 Å². The van der Waals surface area contributed by atoms with E-state index in [1.807, 2.05) is 6.92 Å². The summed E-state index contributed by atoms with van der Waals surface area (Å²) in [5, 5.41) is 6.10. The third kappa shape index (κ3) is 10.9. The van der Waals surface area contributed by atoms with Gasteiger partial charge in [-0.05, 0) is 38.8 Å². The van der Waals surface area contributed by atoms with Crippen molar-refractivity contribution < 1.29 is 26.3 Å². The zero-order valence-corrected chi connectivity index (χ0v) is 17.7. The van der Waals surface area contributed by atoms with E-state index in [2.05, 4.69) is 20.3 Å². The molecule has 0 saturated carbocycles. The first-order chi connectivity index (χ1) is 13.6. The molecule has 29 heavy (non-hydrogen) atoms. The Morgan fingerprint density at radius 3 is 2.52 bits per heavy atom. The molecule has 11 heteroatoms. The Bertz CT molecular complexity index is 768. The molecule has 0 radical (unpaired) electrons. The first kappa shape index (κ1) is 25.0. The van der Waals surface area contributed by atoms with Crippen molar-refractivity contribution in [1.82, 2.24) is 15.4 Å². The summed E-state index contributed by atoms with van der Waals surface area (Å²) in [6, 6.07) is 5.02. The molecular formula is C18H29F3N4O3S. The van der Waals surface area contributed by atoms with Gasteiger partial charge in [0, 0.05) is 25.2 Å². The van der Waals surface area contributed by atoms with E-state index in [0.717, 1.165) is 5.56 Å². The third-order valence-electron chi connectivity index (χ3n) is 3.71. The van der Waals surface area contributed by atoms with Gasteiger partial charge in [-0.1, -0.05) is 12.1 Å². The lowest BCUT2D eigenvalue weighted by Crippen LogP contribution is -2.38. The van der Waals surface area contributed by atoms with Gasteiger partial charge in [-0.3, -0.25) is 0 Å². The molecule has 0 amide bonds. The van der Waals surface area contributed by atoms with Gasteiger partial charge in [0.15, 0.2) is 12.6 Å². The van der Waals surface area contributed by atoms with Gasteiger partial charge in [0.25, 0.3) is 0 Å². The van der Waals surface area contributed by atoms with Crippen LogP contribution >= 0.6 is 0 Å². The van der Waals surface area contributed by atoms with Crippen molar-refractivity contribution in [3.8, 4) is 5.75 Å². The molecule has 0 aliphatic heterocycles. The van der Waals surface area contributed by atoms with Crippen LogP contribution in [0.1, 0.15) is 31.4 Å². The Labute approximate surface area is 170 Å². The maximum atomic E-state index is 12.5. The van der Waals surface area contributed by atoms with Crippen LogP contribution in [0, 0.1) is 6.92 Å². The van der Waals surface area contributed by atoms with Crippen molar-refractivity contribution in [3.05, 3.63) is 29.3 Å². The van der Waals surface area contributed by atoms with Gasteiger partial charge >= 0.3 is 6.18 Å². The lowest BCUT2D eigenvalue weighted by molar-refractivity contribution is -0.153. The summed E-state index contributed by atoms with van der Waals surface area (Å²) in [4.78, 5) is 4.38. The highest BCUT2D eigenvalue weighted by molar-refractivity contribution is 7.89.